The minimum atomic E-state index is -0.118. The second-order valence-corrected chi connectivity index (χ2v) is 7.44. The van der Waals surface area contributed by atoms with Crippen molar-refractivity contribution in [1.29, 1.82) is 0 Å². The van der Waals surface area contributed by atoms with Crippen LogP contribution in [0.5, 0.6) is 11.6 Å². The summed E-state index contributed by atoms with van der Waals surface area (Å²) in [7, 11) is 0. The SMILES string of the molecule is Cc1cccc(Oc2cncc([C@H]3CCCN(C(=O)c4oc(C)nc4C)C3)n2)c1. The van der Waals surface area contributed by atoms with Gasteiger partial charge in [-0.2, -0.15) is 0 Å². The second kappa shape index (κ2) is 8.03. The number of hydrogen-bond acceptors (Lipinski definition) is 6. The Kier molecular flexibility index (Phi) is 5.29. The van der Waals surface area contributed by atoms with Crippen LogP contribution < -0.4 is 4.74 Å². The molecule has 29 heavy (non-hydrogen) atoms. The van der Waals surface area contributed by atoms with E-state index in [-0.39, 0.29) is 11.8 Å². The average molecular weight is 392 g/mol. The number of likely N-dealkylation sites (tertiary alicyclic amines) is 1. The number of benzene rings is 1. The van der Waals surface area contributed by atoms with E-state index in [0.29, 0.717) is 36.3 Å². The number of oxazole rings is 1. The van der Waals surface area contributed by atoms with E-state index in [9.17, 15) is 4.79 Å². The largest absolute Gasteiger partial charge is 0.437 e. The van der Waals surface area contributed by atoms with E-state index in [1.54, 1.807) is 26.2 Å². The van der Waals surface area contributed by atoms with E-state index in [2.05, 4.69) is 15.0 Å². The van der Waals surface area contributed by atoms with Crippen molar-refractivity contribution in [3.05, 3.63) is 65.3 Å². The standard InChI is InChI=1S/C22H24N4O3/c1-14-6-4-8-18(10-14)29-20-12-23-11-19(25-20)17-7-5-9-26(13-17)22(27)21-15(2)24-16(3)28-21/h4,6,8,10-12,17H,5,7,9,13H2,1-3H3/t17-/m0/s1. The van der Waals surface area contributed by atoms with Crippen molar-refractivity contribution in [2.75, 3.05) is 13.1 Å². The molecule has 0 spiro atoms. The van der Waals surface area contributed by atoms with Gasteiger partial charge in [-0.1, -0.05) is 12.1 Å². The first kappa shape index (κ1) is 19.1. The summed E-state index contributed by atoms with van der Waals surface area (Å²) < 4.78 is 11.4. The Hall–Kier alpha value is -3.22. The van der Waals surface area contributed by atoms with Crippen molar-refractivity contribution in [2.45, 2.75) is 39.5 Å². The van der Waals surface area contributed by atoms with E-state index in [0.717, 1.165) is 29.8 Å². The molecule has 3 heterocycles. The summed E-state index contributed by atoms with van der Waals surface area (Å²) in [5.74, 6) is 2.00. The number of aryl methyl sites for hydroxylation is 3. The summed E-state index contributed by atoms with van der Waals surface area (Å²) in [6, 6.07) is 7.81. The second-order valence-electron chi connectivity index (χ2n) is 7.44. The van der Waals surface area contributed by atoms with E-state index in [1.807, 2.05) is 36.1 Å². The molecule has 1 fully saturated rings. The quantitative estimate of drug-likeness (QED) is 0.662. The first-order valence-corrected chi connectivity index (χ1v) is 9.79. The van der Waals surface area contributed by atoms with Gasteiger partial charge in [-0.25, -0.2) is 9.97 Å². The van der Waals surface area contributed by atoms with Crippen molar-refractivity contribution in [1.82, 2.24) is 19.9 Å². The van der Waals surface area contributed by atoms with Crippen molar-refractivity contribution in [3.63, 3.8) is 0 Å². The molecule has 0 N–H and O–H groups in total. The van der Waals surface area contributed by atoms with Gasteiger partial charge in [-0.15, -0.1) is 0 Å². The van der Waals surface area contributed by atoms with Crippen molar-refractivity contribution in [3.8, 4) is 11.6 Å². The first-order chi connectivity index (χ1) is 14.0. The number of carbonyl (C=O) groups is 1. The van der Waals surface area contributed by atoms with Crippen LogP contribution in [0.1, 0.15) is 52.2 Å². The molecule has 3 aromatic rings. The number of rotatable bonds is 4. The number of aromatic nitrogens is 3. The van der Waals surface area contributed by atoms with Gasteiger partial charge in [0.2, 0.25) is 11.6 Å². The van der Waals surface area contributed by atoms with Gasteiger partial charge in [0.1, 0.15) is 5.75 Å². The highest BCUT2D eigenvalue weighted by atomic mass is 16.5. The molecule has 2 aromatic heterocycles. The van der Waals surface area contributed by atoms with Crippen LogP contribution in [0.25, 0.3) is 0 Å². The van der Waals surface area contributed by atoms with Crippen LogP contribution >= 0.6 is 0 Å². The summed E-state index contributed by atoms with van der Waals surface area (Å²) in [6.07, 6.45) is 5.21. The van der Waals surface area contributed by atoms with Gasteiger partial charge < -0.3 is 14.1 Å². The lowest BCUT2D eigenvalue weighted by Crippen LogP contribution is -2.39. The molecule has 0 saturated carbocycles. The Bertz CT molecular complexity index is 1030. The van der Waals surface area contributed by atoms with Crippen LogP contribution in [0.2, 0.25) is 0 Å². The van der Waals surface area contributed by atoms with Gasteiger partial charge in [0.25, 0.3) is 5.91 Å². The molecule has 1 amide bonds. The lowest BCUT2D eigenvalue weighted by molar-refractivity contribution is 0.0671. The molecule has 0 radical (unpaired) electrons. The minimum absolute atomic E-state index is 0.102. The predicted molar refractivity (Wildman–Crippen MR) is 107 cm³/mol. The van der Waals surface area contributed by atoms with Crippen LogP contribution in [-0.4, -0.2) is 38.8 Å². The van der Waals surface area contributed by atoms with E-state index < -0.39 is 0 Å². The minimum Gasteiger partial charge on any atom is -0.437 e. The Morgan fingerprint density at radius 2 is 2.07 bits per heavy atom. The number of carbonyl (C=O) groups excluding carboxylic acids is 1. The Labute approximate surface area is 169 Å². The number of hydrogen-bond donors (Lipinski definition) is 0. The molecule has 1 aliphatic rings. The van der Waals surface area contributed by atoms with Crippen LogP contribution in [-0.2, 0) is 0 Å². The molecule has 0 aliphatic carbocycles. The lowest BCUT2D eigenvalue weighted by Gasteiger charge is -2.31. The topological polar surface area (TPSA) is 81.4 Å². The molecule has 150 valence electrons. The monoisotopic (exact) mass is 392 g/mol. The Balaban J connectivity index is 1.49. The summed E-state index contributed by atoms with van der Waals surface area (Å²) >= 11 is 0. The van der Waals surface area contributed by atoms with Gasteiger partial charge in [0.15, 0.2) is 5.89 Å². The Morgan fingerprint density at radius 3 is 2.83 bits per heavy atom. The fourth-order valence-electron chi connectivity index (χ4n) is 3.68. The smallest absolute Gasteiger partial charge is 0.291 e. The number of nitrogens with zero attached hydrogens (tertiary/aromatic N) is 4. The summed E-state index contributed by atoms with van der Waals surface area (Å²) in [5, 5.41) is 0. The fourth-order valence-corrected chi connectivity index (χ4v) is 3.68. The van der Waals surface area contributed by atoms with Crippen LogP contribution in [0.15, 0.2) is 41.1 Å². The molecular formula is C22H24N4O3. The highest BCUT2D eigenvalue weighted by Gasteiger charge is 2.29. The highest BCUT2D eigenvalue weighted by molar-refractivity contribution is 5.92. The maximum absolute atomic E-state index is 12.9. The maximum atomic E-state index is 12.9. The van der Waals surface area contributed by atoms with Gasteiger partial charge in [-0.05, 0) is 44.4 Å². The number of ether oxygens (including phenoxy) is 1. The zero-order chi connectivity index (χ0) is 20.4. The molecule has 1 atom stereocenters. The number of amides is 1. The molecule has 0 unspecified atom stereocenters. The number of piperidine rings is 1. The van der Waals surface area contributed by atoms with Crippen molar-refractivity contribution in [2.24, 2.45) is 0 Å². The lowest BCUT2D eigenvalue weighted by atomic mass is 9.95. The van der Waals surface area contributed by atoms with Crippen LogP contribution in [0, 0.1) is 20.8 Å². The van der Waals surface area contributed by atoms with Gasteiger partial charge in [0, 0.05) is 32.1 Å². The van der Waals surface area contributed by atoms with Crippen molar-refractivity contribution >= 4 is 5.91 Å². The van der Waals surface area contributed by atoms with Crippen LogP contribution in [0.3, 0.4) is 0 Å². The van der Waals surface area contributed by atoms with Crippen LogP contribution in [0.4, 0.5) is 0 Å². The normalized spacial score (nSPS) is 16.7. The third-order valence-corrected chi connectivity index (χ3v) is 5.07. The van der Waals surface area contributed by atoms with E-state index >= 15 is 0 Å². The van der Waals surface area contributed by atoms with E-state index in [1.165, 1.54) is 0 Å². The molecule has 0 bridgehead atoms. The summed E-state index contributed by atoms with van der Waals surface area (Å²) in [5.41, 5.74) is 2.58. The van der Waals surface area contributed by atoms with E-state index in [4.69, 9.17) is 9.15 Å². The van der Waals surface area contributed by atoms with Crippen molar-refractivity contribution < 1.29 is 13.9 Å². The predicted octanol–water partition coefficient (Wildman–Crippen LogP) is 4.20. The molecular weight excluding hydrogens is 368 g/mol. The fraction of sp³-hybridized carbons (Fsp3) is 0.364. The molecule has 7 nitrogen and oxygen atoms in total. The Morgan fingerprint density at radius 1 is 1.21 bits per heavy atom. The molecule has 1 aromatic carbocycles. The van der Waals surface area contributed by atoms with Gasteiger partial charge in [-0.3, -0.25) is 9.78 Å². The third kappa shape index (κ3) is 4.29. The molecule has 1 saturated heterocycles. The highest BCUT2D eigenvalue weighted by Crippen LogP contribution is 2.29. The van der Waals surface area contributed by atoms with Gasteiger partial charge in [0.05, 0.1) is 17.6 Å². The summed E-state index contributed by atoms with van der Waals surface area (Å²) in [6.45, 7) is 6.82. The molecule has 7 heteroatoms. The zero-order valence-corrected chi connectivity index (χ0v) is 16.9. The maximum Gasteiger partial charge on any atom is 0.291 e. The molecule has 4 rings (SSSR count). The average Bonchev–Trinajstić information content (AvgIpc) is 3.06. The summed E-state index contributed by atoms with van der Waals surface area (Å²) in [4.78, 5) is 27.9. The third-order valence-electron chi connectivity index (χ3n) is 5.07. The zero-order valence-electron chi connectivity index (χ0n) is 16.9. The molecule has 1 aliphatic heterocycles. The first-order valence-electron chi connectivity index (χ1n) is 9.79. The van der Waals surface area contributed by atoms with Gasteiger partial charge >= 0.3 is 0 Å².